The van der Waals surface area contributed by atoms with Crippen LogP contribution in [-0.4, -0.2) is 11.0 Å². The van der Waals surface area contributed by atoms with Crippen molar-refractivity contribution in [2.24, 2.45) is 0 Å². The van der Waals surface area contributed by atoms with Crippen LogP contribution in [0.25, 0.3) is 0 Å². The SMILES string of the molecule is C#CCC(CC)Nc1cc(F)c(I)cc1[N+](=O)[O-]. The summed E-state index contributed by atoms with van der Waals surface area (Å²) in [4.78, 5) is 10.4. The van der Waals surface area contributed by atoms with E-state index in [1.807, 2.05) is 6.92 Å². The van der Waals surface area contributed by atoms with Crippen LogP contribution in [0.2, 0.25) is 0 Å². The highest BCUT2D eigenvalue weighted by Crippen LogP contribution is 2.29. The van der Waals surface area contributed by atoms with Crippen molar-refractivity contribution in [1.82, 2.24) is 0 Å². The van der Waals surface area contributed by atoms with Crippen LogP contribution in [0.4, 0.5) is 15.8 Å². The molecule has 0 aromatic heterocycles. The Balaban J connectivity index is 3.10. The molecule has 0 aliphatic carbocycles. The largest absolute Gasteiger partial charge is 0.376 e. The molecule has 18 heavy (non-hydrogen) atoms. The Bertz CT molecular complexity index is 500. The Kier molecular flexibility index (Phi) is 5.34. The molecular weight excluding hydrogens is 350 g/mol. The molecule has 0 spiro atoms. The molecule has 0 radical (unpaired) electrons. The third kappa shape index (κ3) is 3.57. The Morgan fingerprint density at radius 2 is 2.33 bits per heavy atom. The molecule has 1 N–H and O–H groups in total. The lowest BCUT2D eigenvalue weighted by Gasteiger charge is -2.16. The van der Waals surface area contributed by atoms with E-state index < -0.39 is 10.7 Å². The molecule has 1 atom stereocenters. The van der Waals surface area contributed by atoms with Gasteiger partial charge in [-0.3, -0.25) is 10.1 Å². The van der Waals surface area contributed by atoms with Crippen LogP contribution in [0.1, 0.15) is 19.8 Å². The van der Waals surface area contributed by atoms with Crippen molar-refractivity contribution in [2.45, 2.75) is 25.8 Å². The third-order valence-corrected chi connectivity index (χ3v) is 3.28. The van der Waals surface area contributed by atoms with Crippen molar-refractivity contribution in [2.75, 3.05) is 5.32 Å². The fourth-order valence-electron chi connectivity index (χ4n) is 1.46. The van der Waals surface area contributed by atoms with Gasteiger partial charge in [0.2, 0.25) is 0 Å². The molecule has 1 unspecified atom stereocenters. The highest BCUT2D eigenvalue weighted by molar-refractivity contribution is 14.1. The summed E-state index contributed by atoms with van der Waals surface area (Å²) in [5, 5.41) is 13.8. The number of nitrogens with one attached hydrogen (secondary N) is 1. The summed E-state index contributed by atoms with van der Waals surface area (Å²) in [7, 11) is 0. The van der Waals surface area contributed by atoms with Crippen LogP contribution in [0.3, 0.4) is 0 Å². The molecule has 4 nitrogen and oxygen atoms in total. The predicted octanol–water partition coefficient (Wildman–Crippen LogP) is 3.55. The molecule has 0 saturated heterocycles. The van der Waals surface area contributed by atoms with Gasteiger partial charge >= 0.3 is 0 Å². The molecule has 1 rings (SSSR count). The third-order valence-electron chi connectivity index (χ3n) is 2.45. The Morgan fingerprint density at radius 1 is 1.67 bits per heavy atom. The van der Waals surface area contributed by atoms with Crippen molar-refractivity contribution in [1.29, 1.82) is 0 Å². The quantitative estimate of drug-likeness (QED) is 0.377. The van der Waals surface area contributed by atoms with Crippen molar-refractivity contribution < 1.29 is 9.31 Å². The van der Waals surface area contributed by atoms with Crippen molar-refractivity contribution in [3.8, 4) is 12.3 Å². The predicted molar refractivity (Wildman–Crippen MR) is 76.9 cm³/mol. The van der Waals surface area contributed by atoms with Crippen LogP contribution in [-0.2, 0) is 0 Å². The minimum absolute atomic E-state index is 0.104. The molecule has 0 aliphatic heterocycles. The Labute approximate surface area is 118 Å². The number of hydrogen-bond donors (Lipinski definition) is 1. The number of benzene rings is 1. The Morgan fingerprint density at radius 3 is 2.83 bits per heavy atom. The van der Waals surface area contributed by atoms with E-state index in [0.29, 0.717) is 12.8 Å². The maximum absolute atomic E-state index is 13.5. The maximum Gasteiger partial charge on any atom is 0.293 e. The van der Waals surface area contributed by atoms with E-state index in [4.69, 9.17) is 6.42 Å². The van der Waals surface area contributed by atoms with Crippen LogP contribution in [0.5, 0.6) is 0 Å². The van der Waals surface area contributed by atoms with Crippen molar-refractivity contribution in [3.63, 3.8) is 0 Å². The van der Waals surface area contributed by atoms with Gasteiger partial charge in [0.15, 0.2) is 0 Å². The lowest BCUT2D eigenvalue weighted by atomic mass is 10.1. The number of halogens is 2. The molecule has 0 aliphatic rings. The second-order valence-electron chi connectivity index (χ2n) is 3.70. The van der Waals surface area contributed by atoms with Crippen LogP contribution in [0.15, 0.2) is 12.1 Å². The lowest BCUT2D eigenvalue weighted by Crippen LogP contribution is -2.18. The van der Waals surface area contributed by atoms with E-state index in [1.54, 1.807) is 22.6 Å². The number of nitrogens with zero attached hydrogens (tertiary/aromatic N) is 1. The first-order chi connectivity index (χ1) is 8.49. The van der Waals surface area contributed by atoms with Crippen molar-refractivity contribution in [3.05, 3.63) is 31.6 Å². The summed E-state index contributed by atoms with van der Waals surface area (Å²) < 4.78 is 13.7. The number of terminal acetylenes is 1. The standard InChI is InChI=1S/C12H12FIN2O2/c1-3-5-8(4-2)15-11-6-9(13)10(14)7-12(11)16(17)18/h1,6-8,15H,4-5H2,2H3. The zero-order valence-electron chi connectivity index (χ0n) is 9.74. The van der Waals surface area contributed by atoms with Gasteiger partial charge in [0.05, 0.1) is 8.49 Å². The number of nitro benzene ring substituents is 1. The average Bonchev–Trinajstić information content (AvgIpc) is 2.32. The van der Waals surface area contributed by atoms with E-state index in [-0.39, 0.29) is 21.0 Å². The van der Waals surface area contributed by atoms with Gasteiger partial charge in [-0.05, 0) is 29.0 Å². The van der Waals surface area contributed by atoms with E-state index >= 15 is 0 Å². The number of rotatable bonds is 5. The first kappa shape index (κ1) is 14.7. The second kappa shape index (κ2) is 6.54. The normalized spacial score (nSPS) is 11.7. The molecule has 1 aromatic rings. The minimum Gasteiger partial charge on any atom is -0.376 e. The zero-order valence-corrected chi connectivity index (χ0v) is 11.9. The van der Waals surface area contributed by atoms with Crippen LogP contribution < -0.4 is 5.32 Å². The second-order valence-corrected chi connectivity index (χ2v) is 4.86. The van der Waals surface area contributed by atoms with Gasteiger partial charge in [-0.15, -0.1) is 12.3 Å². The first-order valence-electron chi connectivity index (χ1n) is 5.33. The summed E-state index contributed by atoms with van der Waals surface area (Å²) in [6, 6.07) is 2.24. The molecule has 96 valence electrons. The maximum atomic E-state index is 13.5. The topological polar surface area (TPSA) is 55.2 Å². The fourth-order valence-corrected chi connectivity index (χ4v) is 1.91. The summed E-state index contributed by atoms with van der Waals surface area (Å²) in [5.74, 6) is 2.00. The molecule has 0 amide bonds. The van der Waals surface area contributed by atoms with Crippen LogP contribution >= 0.6 is 22.6 Å². The molecular formula is C12H12FIN2O2. The van der Waals surface area contributed by atoms with Crippen LogP contribution in [0, 0.1) is 31.8 Å². The van der Waals surface area contributed by atoms with Gasteiger partial charge in [-0.2, -0.15) is 0 Å². The van der Waals surface area contributed by atoms with Gasteiger partial charge in [0.25, 0.3) is 5.69 Å². The summed E-state index contributed by atoms with van der Waals surface area (Å²) in [6.07, 6.45) is 6.35. The molecule has 0 bridgehead atoms. The monoisotopic (exact) mass is 362 g/mol. The lowest BCUT2D eigenvalue weighted by molar-refractivity contribution is -0.384. The minimum atomic E-state index is -0.535. The molecule has 0 heterocycles. The van der Waals surface area contributed by atoms with E-state index in [2.05, 4.69) is 11.2 Å². The van der Waals surface area contributed by atoms with Gasteiger partial charge in [0, 0.05) is 24.6 Å². The zero-order chi connectivity index (χ0) is 13.7. The molecule has 0 saturated carbocycles. The van der Waals surface area contributed by atoms with Crippen molar-refractivity contribution >= 4 is 34.0 Å². The van der Waals surface area contributed by atoms with E-state index in [0.717, 1.165) is 6.07 Å². The average molecular weight is 362 g/mol. The highest BCUT2D eigenvalue weighted by atomic mass is 127. The number of nitro groups is 1. The molecule has 1 aromatic carbocycles. The van der Waals surface area contributed by atoms with E-state index in [1.165, 1.54) is 6.07 Å². The number of anilines is 1. The van der Waals surface area contributed by atoms with Gasteiger partial charge < -0.3 is 5.32 Å². The highest BCUT2D eigenvalue weighted by Gasteiger charge is 2.19. The molecule has 6 heteroatoms. The fraction of sp³-hybridized carbons (Fsp3) is 0.333. The summed E-state index contributed by atoms with van der Waals surface area (Å²) in [6.45, 7) is 1.91. The van der Waals surface area contributed by atoms with E-state index in [9.17, 15) is 14.5 Å². The number of hydrogen-bond acceptors (Lipinski definition) is 3. The Hall–Kier alpha value is -1.36. The van der Waals surface area contributed by atoms with Gasteiger partial charge in [0.1, 0.15) is 11.5 Å². The smallest absolute Gasteiger partial charge is 0.293 e. The summed E-state index contributed by atoms with van der Waals surface area (Å²) in [5.41, 5.74) is 0.0243. The van der Waals surface area contributed by atoms with Gasteiger partial charge in [-0.1, -0.05) is 6.92 Å². The first-order valence-corrected chi connectivity index (χ1v) is 6.40. The molecule has 0 fully saturated rings. The summed E-state index contributed by atoms with van der Waals surface area (Å²) >= 11 is 1.72. The van der Waals surface area contributed by atoms with Gasteiger partial charge in [-0.25, -0.2) is 4.39 Å².